The van der Waals surface area contributed by atoms with Crippen LogP contribution in [0.15, 0.2) is 28.1 Å². The minimum Gasteiger partial charge on any atom is -0.130 e. The second kappa shape index (κ2) is 6.08. The maximum Gasteiger partial charge on any atom is 0.0887 e. The number of halogens is 3. The molecule has 0 saturated carbocycles. The molecule has 96 valence electrons. The summed E-state index contributed by atoms with van der Waals surface area (Å²) < 4.78 is 1.00. The molecule has 1 unspecified atom stereocenters. The highest BCUT2D eigenvalue weighted by Crippen LogP contribution is 2.39. The molecule has 2 aromatic rings. The third-order valence-corrected chi connectivity index (χ3v) is 6.59. The van der Waals surface area contributed by atoms with E-state index in [0.717, 1.165) is 15.2 Å². The molecule has 4 heteroatoms. The molecular formula is C14H13Br2ClS. The molecule has 1 aromatic heterocycles. The SMILES string of the molecule is Cc1ccc(C)c(CC(Br)c2cc(Cl)c(Br)s2)c1. The lowest BCUT2D eigenvalue weighted by atomic mass is 10.0. The number of aryl methyl sites for hydroxylation is 2. The first-order valence-electron chi connectivity index (χ1n) is 5.62. The van der Waals surface area contributed by atoms with E-state index in [2.05, 4.69) is 63.9 Å². The molecule has 0 fully saturated rings. The first-order chi connectivity index (χ1) is 8.47. The van der Waals surface area contributed by atoms with Gasteiger partial charge in [0.1, 0.15) is 0 Å². The van der Waals surface area contributed by atoms with E-state index in [1.807, 2.05) is 6.07 Å². The molecule has 1 atom stereocenters. The van der Waals surface area contributed by atoms with Gasteiger partial charge < -0.3 is 0 Å². The molecule has 0 spiro atoms. The van der Waals surface area contributed by atoms with Crippen LogP contribution in [0.25, 0.3) is 0 Å². The third-order valence-electron chi connectivity index (χ3n) is 2.88. The molecule has 1 aromatic carbocycles. The van der Waals surface area contributed by atoms with Gasteiger partial charge >= 0.3 is 0 Å². The Morgan fingerprint density at radius 2 is 2.00 bits per heavy atom. The van der Waals surface area contributed by atoms with Gasteiger partial charge in [0.05, 0.1) is 13.6 Å². The average molecular weight is 409 g/mol. The highest BCUT2D eigenvalue weighted by molar-refractivity contribution is 9.11. The zero-order valence-electron chi connectivity index (χ0n) is 10.1. The summed E-state index contributed by atoms with van der Waals surface area (Å²) in [7, 11) is 0. The van der Waals surface area contributed by atoms with Crippen molar-refractivity contribution in [3.63, 3.8) is 0 Å². The van der Waals surface area contributed by atoms with Crippen molar-refractivity contribution < 1.29 is 0 Å². The fraction of sp³-hybridized carbons (Fsp3) is 0.286. The topological polar surface area (TPSA) is 0 Å². The lowest BCUT2D eigenvalue weighted by molar-refractivity contribution is 0.955. The van der Waals surface area contributed by atoms with E-state index in [1.165, 1.54) is 21.6 Å². The monoisotopic (exact) mass is 406 g/mol. The van der Waals surface area contributed by atoms with Crippen LogP contribution in [-0.4, -0.2) is 0 Å². The standard InChI is InChI=1S/C14H13Br2ClS/c1-8-3-4-9(2)10(5-8)6-11(15)13-7-12(17)14(16)18-13/h3-5,7,11H,6H2,1-2H3. The van der Waals surface area contributed by atoms with E-state index >= 15 is 0 Å². The number of alkyl halides is 1. The lowest BCUT2D eigenvalue weighted by Crippen LogP contribution is -1.96. The molecule has 1 heterocycles. The van der Waals surface area contributed by atoms with Crippen molar-refractivity contribution in [2.75, 3.05) is 0 Å². The van der Waals surface area contributed by atoms with Gasteiger partial charge in [0.25, 0.3) is 0 Å². The van der Waals surface area contributed by atoms with Gasteiger partial charge in [-0.1, -0.05) is 51.3 Å². The van der Waals surface area contributed by atoms with Gasteiger partial charge in [-0.25, -0.2) is 0 Å². The van der Waals surface area contributed by atoms with E-state index in [4.69, 9.17) is 11.6 Å². The summed E-state index contributed by atoms with van der Waals surface area (Å²) in [5.41, 5.74) is 4.03. The molecule has 0 bridgehead atoms. The van der Waals surface area contributed by atoms with E-state index in [1.54, 1.807) is 11.3 Å². The number of hydrogen-bond donors (Lipinski definition) is 0. The van der Waals surface area contributed by atoms with Gasteiger partial charge in [-0.3, -0.25) is 0 Å². The Morgan fingerprint density at radius 1 is 1.28 bits per heavy atom. The lowest BCUT2D eigenvalue weighted by Gasteiger charge is -2.11. The van der Waals surface area contributed by atoms with Crippen molar-refractivity contribution in [1.82, 2.24) is 0 Å². The van der Waals surface area contributed by atoms with Gasteiger partial charge in [-0.05, 0) is 53.4 Å². The van der Waals surface area contributed by atoms with Crippen LogP contribution in [-0.2, 0) is 6.42 Å². The Balaban J connectivity index is 2.20. The van der Waals surface area contributed by atoms with E-state index in [-0.39, 0.29) is 0 Å². The minimum absolute atomic E-state index is 0.312. The van der Waals surface area contributed by atoms with Gasteiger partial charge in [0.15, 0.2) is 0 Å². The van der Waals surface area contributed by atoms with E-state index < -0.39 is 0 Å². The molecule has 0 amide bonds. The highest BCUT2D eigenvalue weighted by Gasteiger charge is 2.14. The van der Waals surface area contributed by atoms with Crippen LogP contribution in [0.3, 0.4) is 0 Å². The van der Waals surface area contributed by atoms with Crippen LogP contribution in [0.5, 0.6) is 0 Å². The summed E-state index contributed by atoms with van der Waals surface area (Å²) in [6.45, 7) is 4.29. The molecular weight excluding hydrogens is 395 g/mol. The summed E-state index contributed by atoms with van der Waals surface area (Å²) >= 11 is 15.0. The summed E-state index contributed by atoms with van der Waals surface area (Å²) in [6.07, 6.45) is 0.983. The van der Waals surface area contributed by atoms with Crippen molar-refractivity contribution >= 4 is 54.8 Å². The second-order valence-electron chi connectivity index (χ2n) is 4.37. The third kappa shape index (κ3) is 3.38. The Bertz CT molecular complexity index is 543. The molecule has 0 aliphatic carbocycles. The van der Waals surface area contributed by atoms with Gasteiger partial charge in [-0.15, -0.1) is 11.3 Å². The maximum absolute atomic E-state index is 6.08. The summed E-state index contributed by atoms with van der Waals surface area (Å²) in [6, 6.07) is 8.62. The Labute approximate surface area is 134 Å². The number of rotatable bonds is 3. The quantitative estimate of drug-likeness (QED) is 0.511. The average Bonchev–Trinajstić information content (AvgIpc) is 2.64. The van der Waals surface area contributed by atoms with Crippen LogP contribution < -0.4 is 0 Å². The highest BCUT2D eigenvalue weighted by atomic mass is 79.9. The predicted molar refractivity (Wildman–Crippen MR) is 88.3 cm³/mol. The van der Waals surface area contributed by atoms with Gasteiger partial charge in [0, 0.05) is 4.88 Å². The zero-order chi connectivity index (χ0) is 13.3. The maximum atomic E-state index is 6.08. The Morgan fingerprint density at radius 3 is 2.61 bits per heavy atom. The van der Waals surface area contributed by atoms with Crippen molar-refractivity contribution in [3.05, 3.63) is 54.6 Å². The van der Waals surface area contributed by atoms with Crippen molar-refractivity contribution in [2.24, 2.45) is 0 Å². The molecule has 0 nitrogen and oxygen atoms in total. The normalized spacial score (nSPS) is 12.7. The van der Waals surface area contributed by atoms with Crippen LogP contribution in [0.2, 0.25) is 5.02 Å². The van der Waals surface area contributed by atoms with Gasteiger partial charge in [0.2, 0.25) is 0 Å². The molecule has 0 saturated heterocycles. The van der Waals surface area contributed by atoms with Crippen molar-refractivity contribution in [2.45, 2.75) is 25.1 Å². The number of thiophene rings is 1. The molecule has 0 N–H and O–H groups in total. The fourth-order valence-corrected chi connectivity index (χ4v) is 4.32. The van der Waals surface area contributed by atoms with Crippen LogP contribution in [0.4, 0.5) is 0 Å². The number of benzene rings is 1. The smallest absolute Gasteiger partial charge is 0.0887 e. The predicted octanol–water partition coefficient (Wildman–Crippen LogP) is 6.46. The van der Waals surface area contributed by atoms with E-state index in [0.29, 0.717) is 4.83 Å². The Hall–Kier alpha value is 0.170. The van der Waals surface area contributed by atoms with Crippen LogP contribution in [0, 0.1) is 13.8 Å². The number of hydrogen-bond acceptors (Lipinski definition) is 1. The van der Waals surface area contributed by atoms with Crippen molar-refractivity contribution in [1.29, 1.82) is 0 Å². The van der Waals surface area contributed by atoms with Crippen LogP contribution in [0.1, 0.15) is 26.4 Å². The molecule has 0 aliphatic heterocycles. The first kappa shape index (κ1) is 14.6. The molecule has 2 rings (SSSR count). The van der Waals surface area contributed by atoms with Gasteiger partial charge in [-0.2, -0.15) is 0 Å². The fourth-order valence-electron chi connectivity index (χ4n) is 1.83. The molecule has 0 radical (unpaired) electrons. The molecule has 0 aliphatic rings. The van der Waals surface area contributed by atoms with Crippen molar-refractivity contribution in [3.8, 4) is 0 Å². The van der Waals surface area contributed by atoms with Crippen LogP contribution >= 0.6 is 54.8 Å². The summed E-state index contributed by atoms with van der Waals surface area (Å²) in [4.78, 5) is 1.57. The second-order valence-corrected chi connectivity index (χ2v) is 8.29. The molecule has 18 heavy (non-hydrogen) atoms. The first-order valence-corrected chi connectivity index (χ1v) is 8.52. The summed E-state index contributed by atoms with van der Waals surface area (Å²) in [5.74, 6) is 0. The zero-order valence-corrected chi connectivity index (χ0v) is 14.9. The largest absolute Gasteiger partial charge is 0.130 e. The Kier molecular flexibility index (Phi) is 4.92. The van der Waals surface area contributed by atoms with E-state index in [9.17, 15) is 0 Å². The summed E-state index contributed by atoms with van der Waals surface area (Å²) in [5, 5.41) is 0.792. The minimum atomic E-state index is 0.312.